The molecule has 3 aliphatic heterocycles. The van der Waals surface area contributed by atoms with Crippen LogP contribution < -0.4 is 14.5 Å². The van der Waals surface area contributed by atoms with Gasteiger partial charge in [0.15, 0.2) is 0 Å². The Balaban J connectivity index is 1.50. The van der Waals surface area contributed by atoms with Crippen molar-refractivity contribution in [2.24, 2.45) is 12.0 Å². The molecular weight excluding hydrogens is 492 g/mol. The van der Waals surface area contributed by atoms with Crippen molar-refractivity contribution in [1.29, 1.82) is 0 Å². The molecule has 37 heavy (non-hydrogen) atoms. The SMILES string of the molecule is C[C@@H]1CN=C2N(Cc3cnn(C)c3)C(=O)c3cc(S(=O)(=O)NC4(C)CC4)cc(N4CCN(C)CC4)c3N21. The van der Waals surface area contributed by atoms with Crippen LogP contribution in [0.4, 0.5) is 11.4 Å². The van der Waals surface area contributed by atoms with Crippen LogP contribution in [0.25, 0.3) is 0 Å². The van der Waals surface area contributed by atoms with Crippen molar-refractivity contribution >= 4 is 33.3 Å². The van der Waals surface area contributed by atoms with Crippen molar-refractivity contribution in [3.63, 3.8) is 0 Å². The van der Waals surface area contributed by atoms with Gasteiger partial charge >= 0.3 is 0 Å². The van der Waals surface area contributed by atoms with Gasteiger partial charge in [-0.1, -0.05) is 0 Å². The van der Waals surface area contributed by atoms with Gasteiger partial charge in [0.2, 0.25) is 16.0 Å². The first-order valence-corrected chi connectivity index (χ1v) is 14.3. The lowest BCUT2D eigenvalue weighted by Gasteiger charge is -2.42. The van der Waals surface area contributed by atoms with Crippen LogP contribution in [0.3, 0.4) is 0 Å². The van der Waals surface area contributed by atoms with Crippen LogP contribution in [0.1, 0.15) is 42.6 Å². The largest absolute Gasteiger partial charge is 0.367 e. The number of sulfonamides is 1. The summed E-state index contributed by atoms with van der Waals surface area (Å²) < 4.78 is 31.6. The Labute approximate surface area is 217 Å². The van der Waals surface area contributed by atoms with Gasteiger partial charge in [-0.2, -0.15) is 5.10 Å². The van der Waals surface area contributed by atoms with E-state index in [4.69, 9.17) is 4.99 Å². The number of likely N-dealkylation sites (N-methyl/N-ethyl adjacent to an activating group) is 1. The Kier molecular flexibility index (Phi) is 5.62. The van der Waals surface area contributed by atoms with Gasteiger partial charge in [0, 0.05) is 50.5 Å². The van der Waals surface area contributed by atoms with Gasteiger partial charge < -0.3 is 14.7 Å². The number of carbonyl (C=O) groups is 1. The molecule has 1 aliphatic carbocycles. The molecule has 198 valence electrons. The third-order valence-corrected chi connectivity index (χ3v) is 9.43. The number of amides is 1. The Morgan fingerprint density at radius 1 is 1.14 bits per heavy atom. The number of guanidine groups is 1. The highest BCUT2D eigenvalue weighted by atomic mass is 32.2. The molecule has 0 unspecified atom stereocenters. The lowest BCUT2D eigenvalue weighted by atomic mass is 10.0. The zero-order valence-corrected chi connectivity index (χ0v) is 22.6. The van der Waals surface area contributed by atoms with E-state index in [9.17, 15) is 13.2 Å². The second-order valence-corrected chi connectivity index (χ2v) is 12.8. The van der Waals surface area contributed by atoms with Crippen LogP contribution in [0.2, 0.25) is 0 Å². The lowest BCUT2D eigenvalue weighted by Crippen LogP contribution is -2.53. The van der Waals surface area contributed by atoms with E-state index in [-0.39, 0.29) is 16.8 Å². The average molecular weight is 527 g/mol. The van der Waals surface area contributed by atoms with E-state index < -0.39 is 15.6 Å². The molecule has 1 atom stereocenters. The summed E-state index contributed by atoms with van der Waals surface area (Å²) >= 11 is 0. The number of nitrogens with zero attached hydrogens (tertiary/aromatic N) is 7. The minimum Gasteiger partial charge on any atom is -0.367 e. The number of nitrogens with one attached hydrogen (secondary N) is 1. The fourth-order valence-corrected chi connectivity index (χ4v) is 6.86. The smallest absolute Gasteiger partial charge is 0.263 e. The van der Waals surface area contributed by atoms with Crippen molar-refractivity contribution in [1.82, 2.24) is 24.3 Å². The Morgan fingerprint density at radius 3 is 2.51 bits per heavy atom. The Morgan fingerprint density at radius 2 is 1.86 bits per heavy atom. The molecule has 4 heterocycles. The number of hydrogen-bond acceptors (Lipinski definition) is 8. The number of anilines is 2. The van der Waals surface area contributed by atoms with Gasteiger partial charge in [-0.15, -0.1) is 0 Å². The van der Waals surface area contributed by atoms with Gasteiger partial charge in [0.25, 0.3) is 5.91 Å². The summed E-state index contributed by atoms with van der Waals surface area (Å²) in [5.41, 5.74) is 2.41. The highest BCUT2D eigenvalue weighted by Gasteiger charge is 2.45. The van der Waals surface area contributed by atoms with Gasteiger partial charge in [0.1, 0.15) is 0 Å². The zero-order valence-electron chi connectivity index (χ0n) is 21.8. The summed E-state index contributed by atoms with van der Waals surface area (Å²) in [4.78, 5) is 27.2. The highest BCUT2D eigenvalue weighted by molar-refractivity contribution is 7.89. The van der Waals surface area contributed by atoms with Crippen molar-refractivity contribution < 1.29 is 13.2 Å². The van der Waals surface area contributed by atoms with Crippen LogP contribution >= 0.6 is 0 Å². The van der Waals surface area contributed by atoms with Gasteiger partial charge in [0.05, 0.1) is 47.2 Å². The van der Waals surface area contributed by atoms with E-state index in [1.54, 1.807) is 27.9 Å². The molecule has 1 amide bonds. The summed E-state index contributed by atoms with van der Waals surface area (Å²) in [6.45, 7) is 8.10. The highest BCUT2D eigenvalue weighted by Crippen LogP contribution is 2.44. The first-order chi connectivity index (χ1) is 17.5. The fourth-order valence-electron chi connectivity index (χ4n) is 5.35. The second-order valence-electron chi connectivity index (χ2n) is 11.1. The maximum Gasteiger partial charge on any atom is 0.263 e. The van der Waals surface area contributed by atoms with Crippen molar-refractivity contribution in [3.05, 3.63) is 35.7 Å². The first-order valence-electron chi connectivity index (χ1n) is 12.8. The van der Waals surface area contributed by atoms with Crippen molar-refractivity contribution in [2.45, 2.75) is 49.7 Å². The molecule has 1 saturated heterocycles. The number of piperazine rings is 1. The van der Waals surface area contributed by atoms with E-state index in [2.05, 4.69) is 38.5 Å². The number of aromatic nitrogens is 2. The molecule has 1 aromatic heterocycles. The molecule has 1 saturated carbocycles. The maximum absolute atomic E-state index is 14.1. The number of hydrogen-bond donors (Lipinski definition) is 1. The van der Waals surface area contributed by atoms with E-state index in [0.29, 0.717) is 24.6 Å². The third-order valence-electron chi connectivity index (χ3n) is 7.81. The summed E-state index contributed by atoms with van der Waals surface area (Å²) in [7, 11) is 0.110. The maximum atomic E-state index is 14.1. The minimum absolute atomic E-state index is 0.0374. The Bertz CT molecular complexity index is 1390. The van der Waals surface area contributed by atoms with Crippen LogP contribution in [0.15, 0.2) is 34.4 Å². The standard InChI is InChI=1S/C25H34N8O3S/c1-17-13-26-24-32(16-18-14-27-30(4)15-18)23(34)20-11-19(37(35,36)28-25(2)5-6-25)12-21(22(20)33(17)24)31-9-7-29(3)8-10-31/h11-12,14-15,17,28H,5-10,13,16H2,1-4H3/t17-/m1/s1. The molecule has 0 spiro atoms. The monoisotopic (exact) mass is 526 g/mol. The van der Waals surface area contributed by atoms with Crippen LogP contribution in [0, 0.1) is 0 Å². The quantitative estimate of drug-likeness (QED) is 0.603. The third kappa shape index (κ3) is 4.30. The molecule has 2 aromatic rings. The normalized spacial score (nSPS) is 23.2. The van der Waals surface area contributed by atoms with E-state index in [1.165, 1.54) is 0 Å². The number of carbonyl (C=O) groups excluding carboxylic acids is 1. The number of fused-ring (bicyclic) bond motifs is 3. The van der Waals surface area contributed by atoms with Crippen LogP contribution in [-0.2, 0) is 23.6 Å². The summed E-state index contributed by atoms with van der Waals surface area (Å²) in [6.07, 6.45) is 5.24. The summed E-state index contributed by atoms with van der Waals surface area (Å²) in [6, 6.07) is 3.35. The lowest BCUT2D eigenvalue weighted by molar-refractivity contribution is 0.0833. The molecule has 12 heteroatoms. The van der Waals surface area contributed by atoms with Crippen LogP contribution in [-0.4, -0.2) is 91.2 Å². The number of rotatable bonds is 6. The molecule has 0 bridgehead atoms. The molecule has 1 aromatic carbocycles. The van der Waals surface area contributed by atoms with E-state index >= 15 is 0 Å². The van der Waals surface area contributed by atoms with Crippen LogP contribution in [0.5, 0.6) is 0 Å². The topological polar surface area (TPSA) is 106 Å². The molecule has 11 nitrogen and oxygen atoms in total. The van der Waals surface area contributed by atoms with Gasteiger partial charge in [-0.3, -0.25) is 19.4 Å². The average Bonchev–Trinajstić information content (AvgIpc) is 3.22. The summed E-state index contributed by atoms with van der Waals surface area (Å²) in [5.74, 6) is 0.372. The number of benzene rings is 1. The minimum atomic E-state index is -3.81. The predicted molar refractivity (Wildman–Crippen MR) is 141 cm³/mol. The van der Waals surface area contributed by atoms with E-state index in [1.807, 2.05) is 20.2 Å². The molecule has 0 radical (unpaired) electrons. The zero-order chi connectivity index (χ0) is 26.1. The number of aliphatic imine (C=N–C) groups is 1. The van der Waals surface area contributed by atoms with Crippen molar-refractivity contribution in [3.8, 4) is 0 Å². The molecule has 2 fully saturated rings. The molecule has 6 rings (SSSR count). The second kappa shape index (κ2) is 8.53. The van der Waals surface area contributed by atoms with E-state index in [0.717, 1.165) is 56.0 Å². The molecule has 4 aliphatic rings. The van der Waals surface area contributed by atoms with Gasteiger partial charge in [-0.25, -0.2) is 13.1 Å². The summed E-state index contributed by atoms with van der Waals surface area (Å²) in [5, 5.41) is 4.25. The number of aryl methyl sites for hydroxylation is 1. The fraction of sp³-hybridized carbons (Fsp3) is 0.560. The first kappa shape index (κ1) is 24.4. The molecular formula is C25H34N8O3S. The van der Waals surface area contributed by atoms with Crippen molar-refractivity contribution in [2.75, 3.05) is 49.6 Å². The van der Waals surface area contributed by atoms with Gasteiger partial charge in [-0.05, 0) is 45.9 Å². The predicted octanol–water partition coefficient (Wildman–Crippen LogP) is 1.22. The Hall–Kier alpha value is -2.96. The molecule has 1 N–H and O–H groups in total.